The Kier molecular flexibility index (Phi) is 6.89. The number of amides is 1. The van der Waals surface area contributed by atoms with Crippen LogP contribution < -0.4 is 14.8 Å². The normalized spacial score (nSPS) is 10.6. The molecule has 1 heterocycles. The van der Waals surface area contributed by atoms with Gasteiger partial charge in [-0.25, -0.2) is 4.39 Å². The van der Waals surface area contributed by atoms with Gasteiger partial charge in [0, 0.05) is 16.9 Å². The van der Waals surface area contributed by atoms with Crippen molar-refractivity contribution in [3.8, 4) is 28.6 Å². The van der Waals surface area contributed by atoms with Gasteiger partial charge in [-0.15, -0.1) is 10.2 Å². The first-order valence-electron chi connectivity index (χ1n) is 10.00. The fourth-order valence-corrected chi connectivity index (χ4v) is 3.87. The van der Waals surface area contributed by atoms with E-state index >= 15 is 0 Å². The Balaban J connectivity index is 1.60. The van der Waals surface area contributed by atoms with Crippen molar-refractivity contribution in [2.24, 2.45) is 0 Å². The molecule has 0 fully saturated rings. The first-order valence-corrected chi connectivity index (χ1v) is 11.0. The molecule has 0 radical (unpaired) electrons. The number of benzene rings is 3. The number of carbonyl (C=O) groups is 1. The highest BCUT2D eigenvalue weighted by Crippen LogP contribution is 2.30. The van der Waals surface area contributed by atoms with Gasteiger partial charge in [0.1, 0.15) is 17.3 Å². The number of methoxy groups -OCH3 is 2. The molecule has 0 aliphatic carbocycles. The van der Waals surface area contributed by atoms with Crippen molar-refractivity contribution >= 4 is 23.4 Å². The Hall–Kier alpha value is -3.85. The number of hydrogen-bond donors (Lipinski definition) is 1. The quantitative estimate of drug-likeness (QED) is 0.377. The van der Waals surface area contributed by atoms with Gasteiger partial charge in [-0.05, 0) is 72.8 Å². The van der Waals surface area contributed by atoms with Crippen LogP contribution in [0.15, 0.2) is 78.0 Å². The number of aromatic nitrogens is 3. The van der Waals surface area contributed by atoms with E-state index in [0.717, 1.165) is 22.7 Å². The third kappa shape index (κ3) is 5.32. The number of carbonyl (C=O) groups excluding carboxylic acids is 1. The molecule has 1 aromatic heterocycles. The van der Waals surface area contributed by atoms with Gasteiger partial charge in [-0.2, -0.15) is 0 Å². The summed E-state index contributed by atoms with van der Waals surface area (Å²) in [4.78, 5) is 12.4. The highest BCUT2D eigenvalue weighted by atomic mass is 32.2. The number of thioether (sulfide) groups is 1. The first kappa shape index (κ1) is 22.3. The topological polar surface area (TPSA) is 78.3 Å². The molecule has 0 atom stereocenters. The van der Waals surface area contributed by atoms with Crippen molar-refractivity contribution < 1.29 is 18.7 Å². The van der Waals surface area contributed by atoms with Crippen LogP contribution in [0, 0.1) is 5.82 Å². The monoisotopic (exact) mass is 464 g/mol. The van der Waals surface area contributed by atoms with Crippen LogP contribution in [-0.4, -0.2) is 40.6 Å². The number of halogens is 1. The van der Waals surface area contributed by atoms with E-state index in [4.69, 9.17) is 9.47 Å². The highest BCUT2D eigenvalue weighted by molar-refractivity contribution is 7.99. The second-order valence-corrected chi connectivity index (χ2v) is 7.85. The predicted octanol–water partition coefficient (Wildman–Crippen LogP) is 4.82. The average Bonchev–Trinajstić information content (AvgIpc) is 3.28. The summed E-state index contributed by atoms with van der Waals surface area (Å²) < 4.78 is 25.5. The molecule has 0 spiro atoms. The Labute approximate surface area is 194 Å². The second-order valence-electron chi connectivity index (χ2n) is 6.91. The molecule has 168 valence electrons. The molecule has 0 unspecified atom stereocenters. The Bertz CT molecular complexity index is 1230. The lowest BCUT2D eigenvalue weighted by Crippen LogP contribution is -2.14. The zero-order valence-corrected chi connectivity index (χ0v) is 18.8. The molecule has 0 aliphatic rings. The predicted molar refractivity (Wildman–Crippen MR) is 126 cm³/mol. The van der Waals surface area contributed by atoms with E-state index in [2.05, 4.69) is 15.5 Å². The highest BCUT2D eigenvalue weighted by Gasteiger charge is 2.18. The number of anilines is 1. The van der Waals surface area contributed by atoms with Crippen LogP contribution >= 0.6 is 11.8 Å². The molecule has 0 bridgehead atoms. The van der Waals surface area contributed by atoms with Gasteiger partial charge in [0.25, 0.3) is 0 Å². The van der Waals surface area contributed by atoms with E-state index in [9.17, 15) is 9.18 Å². The lowest BCUT2D eigenvalue weighted by atomic mass is 10.2. The standard InChI is InChI=1S/C24H21FN4O3S/c1-31-20-11-3-16(4-12-20)23-27-28-24(29(23)19-9-13-21(32-2)14-10-19)33-15-22(30)26-18-7-5-17(25)6-8-18/h3-14H,15H2,1-2H3,(H,26,30). The van der Waals surface area contributed by atoms with Crippen molar-refractivity contribution in [2.45, 2.75) is 5.16 Å². The number of nitrogens with one attached hydrogen (secondary N) is 1. The molecular formula is C24H21FN4O3S. The molecule has 4 aromatic rings. The molecule has 1 N–H and O–H groups in total. The fraction of sp³-hybridized carbons (Fsp3) is 0.125. The van der Waals surface area contributed by atoms with Crippen LogP contribution in [0.5, 0.6) is 11.5 Å². The van der Waals surface area contributed by atoms with Crippen LogP contribution in [0.3, 0.4) is 0 Å². The number of hydrogen-bond acceptors (Lipinski definition) is 6. The SMILES string of the molecule is COc1ccc(-c2nnc(SCC(=O)Nc3ccc(F)cc3)n2-c2ccc(OC)cc2)cc1. The van der Waals surface area contributed by atoms with E-state index in [1.165, 1.54) is 36.0 Å². The van der Waals surface area contributed by atoms with E-state index < -0.39 is 0 Å². The summed E-state index contributed by atoms with van der Waals surface area (Å²) in [6.07, 6.45) is 0. The van der Waals surface area contributed by atoms with Crippen molar-refractivity contribution in [3.63, 3.8) is 0 Å². The van der Waals surface area contributed by atoms with Crippen LogP contribution in [0.1, 0.15) is 0 Å². The molecule has 0 aliphatic heterocycles. The zero-order chi connectivity index (χ0) is 23.2. The Morgan fingerprint density at radius 3 is 2.12 bits per heavy atom. The van der Waals surface area contributed by atoms with Gasteiger partial charge in [-0.1, -0.05) is 11.8 Å². The maximum atomic E-state index is 13.1. The van der Waals surface area contributed by atoms with Gasteiger partial charge in [-0.3, -0.25) is 9.36 Å². The van der Waals surface area contributed by atoms with Crippen LogP contribution in [0.2, 0.25) is 0 Å². The minimum atomic E-state index is -0.360. The Morgan fingerprint density at radius 2 is 1.52 bits per heavy atom. The third-order valence-corrected chi connectivity index (χ3v) is 5.70. The van der Waals surface area contributed by atoms with Gasteiger partial charge in [0.15, 0.2) is 11.0 Å². The number of ether oxygens (including phenoxy) is 2. The van der Waals surface area contributed by atoms with Crippen LogP contribution in [-0.2, 0) is 4.79 Å². The Morgan fingerprint density at radius 1 is 0.909 bits per heavy atom. The second kappa shape index (κ2) is 10.2. The largest absolute Gasteiger partial charge is 0.497 e. The molecule has 7 nitrogen and oxygen atoms in total. The molecule has 1 amide bonds. The third-order valence-electron chi connectivity index (χ3n) is 4.77. The van der Waals surface area contributed by atoms with Crippen molar-refractivity contribution in [1.29, 1.82) is 0 Å². The summed E-state index contributed by atoms with van der Waals surface area (Å²) in [7, 11) is 3.22. The fourth-order valence-electron chi connectivity index (χ4n) is 3.11. The van der Waals surface area contributed by atoms with E-state index in [-0.39, 0.29) is 17.5 Å². The summed E-state index contributed by atoms with van der Waals surface area (Å²) in [6, 6.07) is 20.6. The molecule has 33 heavy (non-hydrogen) atoms. The molecule has 0 saturated carbocycles. The van der Waals surface area contributed by atoms with Crippen LogP contribution in [0.25, 0.3) is 17.1 Å². The summed E-state index contributed by atoms with van der Waals surface area (Å²) in [5, 5.41) is 12.0. The number of rotatable bonds is 8. The van der Waals surface area contributed by atoms with Gasteiger partial charge in [0.2, 0.25) is 5.91 Å². The van der Waals surface area contributed by atoms with E-state index in [0.29, 0.717) is 16.7 Å². The molecule has 4 rings (SSSR count). The van der Waals surface area contributed by atoms with Gasteiger partial charge < -0.3 is 14.8 Å². The summed E-state index contributed by atoms with van der Waals surface area (Å²) in [6.45, 7) is 0. The molecule has 0 saturated heterocycles. The van der Waals surface area contributed by atoms with E-state index in [1.807, 2.05) is 53.1 Å². The van der Waals surface area contributed by atoms with Crippen molar-refractivity contribution in [2.75, 3.05) is 25.3 Å². The molecule has 3 aromatic carbocycles. The lowest BCUT2D eigenvalue weighted by molar-refractivity contribution is -0.113. The minimum absolute atomic E-state index is 0.105. The zero-order valence-electron chi connectivity index (χ0n) is 18.0. The first-order chi connectivity index (χ1) is 16.1. The smallest absolute Gasteiger partial charge is 0.234 e. The summed E-state index contributed by atoms with van der Waals surface area (Å²) in [5.41, 5.74) is 2.20. The molecule has 9 heteroatoms. The summed E-state index contributed by atoms with van der Waals surface area (Å²) in [5.74, 6) is 1.60. The molecular weight excluding hydrogens is 443 g/mol. The minimum Gasteiger partial charge on any atom is -0.497 e. The van der Waals surface area contributed by atoms with E-state index in [1.54, 1.807) is 14.2 Å². The lowest BCUT2D eigenvalue weighted by Gasteiger charge is -2.11. The van der Waals surface area contributed by atoms with Gasteiger partial charge in [0.05, 0.1) is 20.0 Å². The summed E-state index contributed by atoms with van der Waals surface area (Å²) >= 11 is 1.25. The van der Waals surface area contributed by atoms with Crippen molar-refractivity contribution in [1.82, 2.24) is 14.8 Å². The maximum absolute atomic E-state index is 13.1. The maximum Gasteiger partial charge on any atom is 0.234 e. The van der Waals surface area contributed by atoms with Crippen molar-refractivity contribution in [3.05, 3.63) is 78.6 Å². The van der Waals surface area contributed by atoms with Crippen LogP contribution in [0.4, 0.5) is 10.1 Å². The van der Waals surface area contributed by atoms with Gasteiger partial charge >= 0.3 is 0 Å². The number of nitrogens with zero attached hydrogens (tertiary/aromatic N) is 3. The average molecular weight is 465 g/mol.